The molecule has 2 aliphatic rings. The van der Waals surface area contributed by atoms with Crippen molar-refractivity contribution >= 4 is 12.3 Å². The second-order valence-electron chi connectivity index (χ2n) is 14.5. The molecule has 0 amide bonds. The highest BCUT2D eigenvalue weighted by Crippen LogP contribution is 2.57. The van der Waals surface area contributed by atoms with Gasteiger partial charge >= 0.3 is 12.3 Å². The van der Waals surface area contributed by atoms with Crippen LogP contribution in [0, 0.1) is 10.8 Å². The van der Waals surface area contributed by atoms with Crippen LogP contribution in [-0.4, -0.2) is 23.5 Å². The Morgan fingerprint density at radius 3 is 1.00 bits per heavy atom. The molecule has 2 rings (SSSR count). The van der Waals surface area contributed by atoms with E-state index in [1.54, 1.807) is 0 Å². The average Bonchev–Trinajstić information content (AvgIpc) is 3.03. The SMILES string of the molecule is CCCCC1(CCCC)CCCCC1(CCCC)OC(=O)OOC(=O)OC1(CCCC)CCCCC1(CCCC)CCCC. The van der Waals surface area contributed by atoms with Gasteiger partial charge < -0.3 is 9.47 Å². The zero-order chi connectivity index (χ0) is 32.4. The van der Waals surface area contributed by atoms with Crippen molar-refractivity contribution in [1.82, 2.24) is 0 Å². The second kappa shape index (κ2) is 19.9. The van der Waals surface area contributed by atoms with E-state index in [-0.39, 0.29) is 10.8 Å². The summed E-state index contributed by atoms with van der Waals surface area (Å²) in [4.78, 5) is 37.2. The van der Waals surface area contributed by atoms with E-state index in [9.17, 15) is 9.59 Å². The van der Waals surface area contributed by atoms with E-state index < -0.39 is 23.5 Å². The standard InChI is InChI=1S/C38H70O6/c1-7-13-23-35(24-14-8-2)27-19-21-31-37(35,29-17-11-5)41-33(39)43-44-34(40)42-38(30-18-12-6)32-22-20-28-36(38,25-15-9-3)26-16-10-4/h7-32H2,1-6H3. The molecule has 44 heavy (non-hydrogen) atoms. The predicted molar refractivity (Wildman–Crippen MR) is 180 cm³/mol. The van der Waals surface area contributed by atoms with Crippen molar-refractivity contribution in [2.24, 2.45) is 10.8 Å². The quantitative estimate of drug-likeness (QED) is 0.0764. The molecule has 6 heteroatoms. The molecule has 0 aromatic carbocycles. The van der Waals surface area contributed by atoms with Crippen LogP contribution < -0.4 is 0 Å². The summed E-state index contributed by atoms with van der Waals surface area (Å²) in [6.07, 6.45) is 25.4. The van der Waals surface area contributed by atoms with E-state index in [2.05, 4.69) is 41.5 Å². The Bertz CT molecular complexity index is 729. The first kappa shape index (κ1) is 38.7. The summed E-state index contributed by atoms with van der Waals surface area (Å²) in [6, 6.07) is 0. The Balaban J connectivity index is 2.26. The van der Waals surface area contributed by atoms with Crippen LogP contribution >= 0.6 is 0 Å². The molecule has 0 saturated heterocycles. The zero-order valence-electron chi connectivity index (χ0n) is 29.8. The molecular weight excluding hydrogens is 552 g/mol. The molecule has 2 saturated carbocycles. The van der Waals surface area contributed by atoms with Crippen molar-refractivity contribution in [2.75, 3.05) is 0 Å². The summed E-state index contributed by atoms with van der Waals surface area (Å²) in [5.74, 6) is 0. The molecule has 0 aromatic rings. The molecular formula is C38H70O6. The summed E-state index contributed by atoms with van der Waals surface area (Å²) in [6.45, 7) is 13.3. The van der Waals surface area contributed by atoms with Gasteiger partial charge in [0.1, 0.15) is 11.2 Å². The number of carbonyl (C=O) groups excluding carboxylic acids is 2. The molecule has 2 unspecified atom stereocenters. The smallest absolute Gasteiger partial charge is 0.425 e. The van der Waals surface area contributed by atoms with Crippen molar-refractivity contribution in [3.05, 3.63) is 0 Å². The molecule has 2 aliphatic carbocycles. The first-order valence-corrected chi connectivity index (χ1v) is 19.1. The molecule has 258 valence electrons. The third kappa shape index (κ3) is 10.0. The van der Waals surface area contributed by atoms with Gasteiger partial charge in [0.25, 0.3) is 0 Å². The highest BCUT2D eigenvalue weighted by atomic mass is 17.3. The van der Waals surface area contributed by atoms with E-state index in [0.717, 1.165) is 154 Å². The number of hydrogen-bond acceptors (Lipinski definition) is 6. The maximum absolute atomic E-state index is 13.4. The van der Waals surface area contributed by atoms with E-state index in [0.29, 0.717) is 0 Å². The Morgan fingerprint density at radius 1 is 0.432 bits per heavy atom. The monoisotopic (exact) mass is 623 g/mol. The molecule has 0 N–H and O–H groups in total. The lowest BCUT2D eigenvalue weighted by Gasteiger charge is -2.53. The van der Waals surface area contributed by atoms with Crippen LogP contribution in [0.4, 0.5) is 9.59 Å². The predicted octanol–water partition coefficient (Wildman–Crippen LogP) is 12.9. The van der Waals surface area contributed by atoms with Gasteiger partial charge in [-0.05, 0) is 89.9 Å². The lowest BCUT2D eigenvalue weighted by Crippen LogP contribution is -2.54. The van der Waals surface area contributed by atoms with Gasteiger partial charge in [0.05, 0.1) is 0 Å². The van der Waals surface area contributed by atoms with E-state index in [1.807, 2.05) is 0 Å². The first-order chi connectivity index (χ1) is 21.3. The molecule has 0 aliphatic heterocycles. The van der Waals surface area contributed by atoms with Gasteiger partial charge in [-0.15, -0.1) is 0 Å². The maximum Gasteiger partial charge on any atom is 0.550 e. The topological polar surface area (TPSA) is 71.1 Å². The van der Waals surface area contributed by atoms with Crippen LogP contribution in [0.3, 0.4) is 0 Å². The summed E-state index contributed by atoms with van der Waals surface area (Å²) >= 11 is 0. The maximum atomic E-state index is 13.4. The lowest BCUT2D eigenvalue weighted by molar-refractivity contribution is -0.259. The third-order valence-electron chi connectivity index (χ3n) is 11.5. The Labute approximate surface area is 271 Å². The highest BCUT2D eigenvalue weighted by Gasteiger charge is 2.56. The number of hydrogen-bond donors (Lipinski definition) is 0. The van der Waals surface area contributed by atoms with Crippen molar-refractivity contribution in [3.63, 3.8) is 0 Å². The highest BCUT2D eigenvalue weighted by molar-refractivity contribution is 5.64. The van der Waals surface area contributed by atoms with Crippen LogP contribution in [0.25, 0.3) is 0 Å². The molecule has 2 atom stereocenters. The van der Waals surface area contributed by atoms with Gasteiger partial charge in [-0.1, -0.05) is 119 Å². The van der Waals surface area contributed by atoms with Gasteiger partial charge in [0.15, 0.2) is 0 Å². The van der Waals surface area contributed by atoms with Gasteiger partial charge in [-0.25, -0.2) is 0 Å². The van der Waals surface area contributed by atoms with Crippen LogP contribution in [0.15, 0.2) is 0 Å². The largest absolute Gasteiger partial charge is 0.550 e. The molecule has 0 aromatic heterocycles. The third-order valence-corrected chi connectivity index (χ3v) is 11.5. The van der Waals surface area contributed by atoms with Gasteiger partial charge in [0, 0.05) is 10.8 Å². The molecule has 6 nitrogen and oxygen atoms in total. The fourth-order valence-electron chi connectivity index (χ4n) is 9.00. The average molecular weight is 623 g/mol. The van der Waals surface area contributed by atoms with Crippen LogP contribution in [-0.2, 0) is 19.2 Å². The molecule has 0 bridgehead atoms. The summed E-state index contributed by atoms with van der Waals surface area (Å²) in [7, 11) is 0. The Hall–Kier alpha value is -1.46. The van der Waals surface area contributed by atoms with E-state index in [4.69, 9.17) is 19.2 Å². The molecule has 0 spiro atoms. The van der Waals surface area contributed by atoms with Gasteiger partial charge in [-0.2, -0.15) is 19.4 Å². The number of unbranched alkanes of at least 4 members (excludes halogenated alkanes) is 6. The van der Waals surface area contributed by atoms with Crippen LogP contribution in [0.5, 0.6) is 0 Å². The fourth-order valence-corrected chi connectivity index (χ4v) is 9.00. The number of rotatable bonds is 20. The number of ether oxygens (including phenoxy) is 2. The summed E-state index contributed by atoms with van der Waals surface area (Å²) < 4.78 is 12.7. The first-order valence-electron chi connectivity index (χ1n) is 19.1. The fraction of sp³-hybridized carbons (Fsp3) is 0.947. The minimum Gasteiger partial charge on any atom is -0.425 e. The minimum absolute atomic E-state index is 0.0591. The van der Waals surface area contributed by atoms with Crippen LogP contribution in [0.2, 0.25) is 0 Å². The van der Waals surface area contributed by atoms with Gasteiger partial charge in [-0.3, -0.25) is 0 Å². The zero-order valence-corrected chi connectivity index (χ0v) is 29.8. The van der Waals surface area contributed by atoms with E-state index >= 15 is 0 Å². The van der Waals surface area contributed by atoms with Crippen LogP contribution in [0.1, 0.15) is 208 Å². The molecule has 0 heterocycles. The lowest BCUT2D eigenvalue weighted by atomic mass is 9.57. The Kier molecular flexibility index (Phi) is 17.5. The second-order valence-corrected chi connectivity index (χ2v) is 14.5. The minimum atomic E-state index is -0.896. The summed E-state index contributed by atoms with van der Waals surface area (Å²) in [5.41, 5.74) is -1.29. The Morgan fingerprint density at radius 2 is 0.705 bits per heavy atom. The van der Waals surface area contributed by atoms with Crippen molar-refractivity contribution < 1.29 is 28.8 Å². The normalized spacial score (nSPS) is 24.4. The molecule has 2 fully saturated rings. The van der Waals surface area contributed by atoms with Gasteiger partial charge in [0.2, 0.25) is 0 Å². The van der Waals surface area contributed by atoms with Crippen molar-refractivity contribution in [3.8, 4) is 0 Å². The molecule has 0 radical (unpaired) electrons. The van der Waals surface area contributed by atoms with Crippen molar-refractivity contribution in [2.45, 2.75) is 220 Å². The van der Waals surface area contributed by atoms with E-state index in [1.165, 1.54) is 12.8 Å². The van der Waals surface area contributed by atoms with Crippen molar-refractivity contribution in [1.29, 1.82) is 0 Å². The summed E-state index contributed by atoms with van der Waals surface area (Å²) in [5, 5.41) is 0. The number of carbonyl (C=O) groups is 2.